The monoisotopic (exact) mass is 368 g/mol. The van der Waals surface area contributed by atoms with E-state index in [9.17, 15) is 14.0 Å². The van der Waals surface area contributed by atoms with Crippen molar-refractivity contribution < 1.29 is 9.18 Å². The van der Waals surface area contributed by atoms with Crippen molar-refractivity contribution in [1.82, 2.24) is 9.55 Å². The topological polar surface area (TPSA) is 54.9 Å². The van der Waals surface area contributed by atoms with Gasteiger partial charge in [0.15, 0.2) is 4.77 Å². The number of nitrogens with one attached hydrogen (secondary N) is 1. The van der Waals surface area contributed by atoms with Gasteiger partial charge in [0.1, 0.15) is 5.82 Å². The lowest BCUT2D eigenvalue weighted by Gasteiger charge is -2.08. The zero-order valence-electron chi connectivity index (χ0n) is 11.3. The number of nitrogens with zero attached hydrogens (tertiary/aromatic N) is 1. The number of carbonyl (C=O) groups excluding carboxylic acids is 1. The van der Waals surface area contributed by atoms with Crippen molar-refractivity contribution in [2.75, 3.05) is 0 Å². The summed E-state index contributed by atoms with van der Waals surface area (Å²) in [5.74, 6) is -1.33. The van der Waals surface area contributed by atoms with Gasteiger partial charge in [0.2, 0.25) is 0 Å². The molecule has 0 saturated carbocycles. The van der Waals surface area contributed by atoms with E-state index in [1.54, 1.807) is 0 Å². The van der Waals surface area contributed by atoms with E-state index < -0.39 is 17.3 Å². The molecule has 8 heteroatoms. The third-order valence-corrected chi connectivity index (χ3v) is 4.00. The minimum absolute atomic E-state index is 0.000856. The van der Waals surface area contributed by atoms with Crippen LogP contribution in [0.1, 0.15) is 10.4 Å². The van der Waals surface area contributed by atoms with Crippen LogP contribution in [-0.2, 0) is 0 Å². The molecule has 0 aliphatic rings. The predicted molar refractivity (Wildman–Crippen MR) is 89.5 cm³/mol. The van der Waals surface area contributed by atoms with Crippen molar-refractivity contribution in [2.45, 2.75) is 0 Å². The zero-order valence-corrected chi connectivity index (χ0v) is 13.6. The summed E-state index contributed by atoms with van der Waals surface area (Å²) in [6, 6.07) is 7.82. The van der Waals surface area contributed by atoms with Crippen molar-refractivity contribution in [3.05, 3.63) is 72.9 Å². The number of aromatic amines is 1. The molecule has 0 fully saturated rings. The van der Waals surface area contributed by atoms with E-state index in [0.717, 1.165) is 10.6 Å². The summed E-state index contributed by atoms with van der Waals surface area (Å²) in [5.41, 5.74) is -0.393. The maximum Gasteiger partial charge on any atom is 0.269 e. The third-order valence-electron chi connectivity index (χ3n) is 3.20. The molecular weight excluding hydrogens is 362 g/mol. The lowest BCUT2D eigenvalue weighted by Crippen LogP contribution is -2.29. The number of hydrogen-bond donors (Lipinski definition) is 1. The molecule has 116 valence electrons. The first-order valence-electron chi connectivity index (χ1n) is 6.33. The molecule has 4 nitrogen and oxygen atoms in total. The second-order valence-electron chi connectivity index (χ2n) is 4.70. The van der Waals surface area contributed by atoms with Gasteiger partial charge in [0, 0.05) is 10.6 Å². The van der Waals surface area contributed by atoms with Crippen molar-refractivity contribution in [2.24, 2.45) is 0 Å². The van der Waals surface area contributed by atoms with Crippen LogP contribution in [0.5, 0.6) is 0 Å². The Morgan fingerprint density at radius 3 is 2.65 bits per heavy atom. The second-order valence-corrected chi connectivity index (χ2v) is 5.93. The molecule has 1 aromatic heterocycles. The molecule has 1 heterocycles. The van der Waals surface area contributed by atoms with Crippen LogP contribution >= 0.6 is 35.4 Å². The molecule has 0 amide bonds. The normalized spacial score (nSPS) is 10.9. The van der Waals surface area contributed by atoms with E-state index in [1.807, 2.05) is 0 Å². The number of rotatable bonds is 1. The highest BCUT2D eigenvalue weighted by Crippen LogP contribution is 2.24. The molecule has 0 radical (unpaired) electrons. The Morgan fingerprint density at radius 1 is 1.22 bits per heavy atom. The van der Waals surface area contributed by atoms with Gasteiger partial charge in [-0.2, -0.15) is 0 Å². The molecule has 0 spiro atoms. The fourth-order valence-electron chi connectivity index (χ4n) is 2.18. The molecule has 1 N–H and O–H groups in total. The number of carbonyl (C=O) groups is 1. The Hall–Kier alpha value is -2.02. The highest BCUT2D eigenvalue weighted by Gasteiger charge is 2.16. The SMILES string of the molecule is O=C(c1cccc(F)c1)n1c(=S)[nH]c2c(Cl)cc(Cl)cc2c1=O. The van der Waals surface area contributed by atoms with Crippen LogP contribution < -0.4 is 5.56 Å². The van der Waals surface area contributed by atoms with Gasteiger partial charge in [0.05, 0.1) is 15.9 Å². The molecular formula is C15H7Cl2FN2O2S. The lowest BCUT2D eigenvalue weighted by atomic mass is 10.2. The minimum atomic E-state index is -0.742. The Kier molecular flexibility index (Phi) is 4.06. The molecule has 23 heavy (non-hydrogen) atoms. The molecule has 0 aliphatic carbocycles. The van der Waals surface area contributed by atoms with Crippen LogP contribution in [0, 0.1) is 10.6 Å². The van der Waals surface area contributed by atoms with E-state index in [0.29, 0.717) is 0 Å². The quantitative estimate of drug-likeness (QED) is 0.655. The van der Waals surface area contributed by atoms with E-state index in [2.05, 4.69) is 4.98 Å². The van der Waals surface area contributed by atoms with Crippen LogP contribution in [0.15, 0.2) is 41.2 Å². The van der Waals surface area contributed by atoms with Gasteiger partial charge < -0.3 is 4.98 Å². The summed E-state index contributed by atoms with van der Waals surface area (Å²) in [6.45, 7) is 0. The molecule has 3 rings (SSSR count). The van der Waals surface area contributed by atoms with Crippen LogP contribution in [0.25, 0.3) is 10.9 Å². The standard InChI is InChI=1S/C15H7Cl2FN2O2S/c16-8-5-10-12(11(17)6-8)19-15(23)20(14(10)22)13(21)7-2-1-3-9(18)4-7/h1-6H,(H,19,23). The summed E-state index contributed by atoms with van der Waals surface area (Å²) in [5, 5.41) is 0.566. The Labute approximate surface area is 144 Å². The Balaban J connectivity index is 2.33. The fourth-order valence-corrected chi connectivity index (χ4v) is 2.99. The van der Waals surface area contributed by atoms with Crippen molar-refractivity contribution in [3.8, 4) is 0 Å². The Bertz CT molecular complexity index is 1080. The first-order valence-corrected chi connectivity index (χ1v) is 7.49. The maximum atomic E-state index is 13.3. The predicted octanol–water partition coefficient (Wildman–Crippen LogP) is 4.19. The van der Waals surface area contributed by atoms with Gasteiger partial charge in [-0.05, 0) is 42.5 Å². The lowest BCUT2D eigenvalue weighted by molar-refractivity contribution is 0.0953. The average molecular weight is 369 g/mol. The second kappa shape index (κ2) is 5.88. The van der Waals surface area contributed by atoms with E-state index in [-0.39, 0.29) is 31.3 Å². The van der Waals surface area contributed by atoms with Gasteiger partial charge in [0.25, 0.3) is 11.5 Å². The van der Waals surface area contributed by atoms with E-state index in [1.165, 1.54) is 30.3 Å². The molecule has 0 bridgehead atoms. The van der Waals surface area contributed by atoms with Crippen LogP contribution in [-0.4, -0.2) is 15.5 Å². The van der Waals surface area contributed by atoms with E-state index >= 15 is 0 Å². The number of aromatic nitrogens is 2. The number of fused-ring (bicyclic) bond motifs is 1. The van der Waals surface area contributed by atoms with Gasteiger partial charge >= 0.3 is 0 Å². The summed E-state index contributed by atoms with van der Waals surface area (Å²) in [6.07, 6.45) is 0. The smallest absolute Gasteiger partial charge is 0.269 e. The number of hydrogen-bond acceptors (Lipinski definition) is 3. The minimum Gasteiger partial charge on any atom is -0.330 e. The molecule has 2 aromatic carbocycles. The molecule has 0 atom stereocenters. The van der Waals surface area contributed by atoms with Gasteiger partial charge in [-0.15, -0.1) is 0 Å². The van der Waals surface area contributed by atoms with Gasteiger partial charge in [-0.25, -0.2) is 8.96 Å². The zero-order chi connectivity index (χ0) is 16.7. The first-order chi connectivity index (χ1) is 10.9. The molecule has 0 saturated heterocycles. The van der Waals surface area contributed by atoms with Crippen LogP contribution in [0.4, 0.5) is 4.39 Å². The van der Waals surface area contributed by atoms with E-state index in [4.69, 9.17) is 35.4 Å². The van der Waals surface area contributed by atoms with Crippen molar-refractivity contribution in [1.29, 1.82) is 0 Å². The van der Waals surface area contributed by atoms with Crippen molar-refractivity contribution in [3.63, 3.8) is 0 Å². The van der Waals surface area contributed by atoms with Crippen LogP contribution in [0.3, 0.4) is 0 Å². The number of halogens is 3. The summed E-state index contributed by atoms with van der Waals surface area (Å²) in [7, 11) is 0. The average Bonchev–Trinajstić information content (AvgIpc) is 2.48. The molecule has 0 unspecified atom stereocenters. The Morgan fingerprint density at radius 2 is 1.96 bits per heavy atom. The van der Waals surface area contributed by atoms with Gasteiger partial charge in [-0.1, -0.05) is 29.3 Å². The molecule has 3 aromatic rings. The highest BCUT2D eigenvalue weighted by molar-refractivity contribution is 7.71. The largest absolute Gasteiger partial charge is 0.330 e. The summed E-state index contributed by atoms with van der Waals surface area (Å²) >= 11 is 17.0. The third kappa shape index (κ3) is 2.81. The highest BCUT2D eigenvalue weighted by atomic mass is 35.5. The number of benzene rings is 2. The fraction of sp³-hybridized carbons (Fsp3) is 0. The first kappa shape index (κ1) is 15.9. The van der Waals surface area contributed by atoms with Crippen LogP contribution in [0.2, 0.25) is 10.0 Å². The summed E-state index contributed by atoms with van der Waals surface area (Å²) < 4.78 is 13.9. The molecule has 0 aliphatic heterocycles. The van der Waals surface area contributed by atoms with Crippen molar-refractivity contribution >= 4 is 52.2 Å². The summed E-state index contributed by atoms with van der Waals surface area (Å²) in [4.78, 5) is 27.8. The number of H-pyrrole nitrogens is 1. The maximum absolute atomic E-state index is 13.3. The van der Waals surface area contributed by atoms with Gasteiger partial charge in [-0.3, -0.25) is 9.59 Å².